The molecule has 1 aliphatic heterocycles. The summed E-state index contributed by atoms with van der Waals surface area (Å²) in [5, 5.41) is 0. The van der Waals surface area contributed by atoms with Crippen LogP contribution in [0.25, 0.3) is 0 Å². The molecule has 2 heterocycles. The fraction of sp³-hybridized carbons (Fsp3) is 0.571. The molecule has 0 aliphatic carbocycles. The average molecular weight is 233 g/mol. The highest BCUT2D eigenvalue weighted by Gasteiger charge is 2.35. The molecule has 1 saturated heterocycles. The van der Waals surface area contributed by atoms with Crippen LogP contribution in [-0.2, 0) is 9.53 Å². The van der Waals surface area contributed by atoms with E-state index in [4.69, 9.17) is 4.74 Å². The number of pyridine rings is 1. The molecular weight excluding hydrogens is 214 g/mol. The lowest BCUT2D eigenvalue weighted by Gasteiger charge is -2.19. The number of carbonyl (C=O) groups excluding carboxylic acids is 1. The predicted octanol–water partition coefficient (Wildman–Crippen LogP) is 2.57. The largest absolute Gasteiger partial charge is 0.377 e. The Hall–Kier alpha value is -1.22. The number of hydrogen-bond acceptors (Lipinski definition) is 3. The van der Waals surface area contributed by atoms with E-state index in [2.05, 4.69) is 11.9 Å². The maximum Gasteiger partial charge on any atom is 0.147 e. The molecular formula is C14H19NO2. The minimum Gasteiger partial charge on any atom is -0.377 e. The first-order chi connectivity index (χ1) is 8.24. The van der Waals surface area contributed by atoms with E-state index in [0.717, 1.165) is 18.5 Å². The molecule has 0 spiro atoms. The van der Waals surface area contributed by atoms with E-state index in [9.17, 15) is 4.79 Å². The van der Waals surface area contributed by atoms with Gasteiger partial charge in [-0.2, -0.15) is 0 Å². The molecule has 0 aromatic carbocycles. The zero-order chi connectivity index (χ0) is 12.3. The van der Waals surface area contributed by atoms with Crippen molar-refractivity contribution in [1.29, 1.82) is 0 Å². The highest BCUT2D eigenvalue weighted by molar-refractivity contribution is 5.87. The summed E-state index contributed by atoms with van der Waals surface area (Å²) >= 11 is 0. The van der Waals surface area contributed by atoms with Crippen LogP contribution in [-0.4, -0.2) is 23.5 Å². The second kappa shape index (κ2) is 5.41. The Morgan fingerprint density at radius 1 is 1.59 bits per heavy atom. The molecule has 0 N–H and O–H groups in total. The van der Waals surface area contributed by atoms with Crippen LogP contribution in [0.3, 0.4) is 0 Å². The summed E-state index contributed by atoms with van der Waals surface area (Å²) < 4.78 is 5.58. The van der Waals surface area contributed by atoms with Crippen molar-refractivity contribution < 1.29 is 9.53 Å². The second-order valence-electron chi connectivity index (χ2n) is 4.59. The predicted molar refractivity (Wildman–Crippen MR) is 65.8 cm³/mol. The summed E-state index contributed by atoms with van der Waals surface area (Å²) in [7, 11) is 0. The number of ketones is 1. The lowest BCUT2D eigenvalue weighted by atomic mass is 9.86. The molecule has 3 unspecified atom stereocenters. The molecule has 1 aromatic heterocycles. The van der Waals surface area contributed by atoms with Gasteiger partial charge < -0.3 is 4.74 Å². The molecule has 0 bridgehead atoms. The quantitative estimate of drug-likeness (QED) is 0.802. The van der Waals surface area contributed by atoms with Crippen LogP contribution in [0.5, 0.6) is 0 Å². The van der Waals surface area contributed by atoms with Crippen molar-refractivity contribution in [2.75, 3.05) is 6.61 Å². The van der Waals surface area contributed by atoms with Crippen LogP contribution in [0.1, 0.15) is 38.3 Å². The maximum atomic E-state index is 12.4. The van der Waals surface area contributed by atoms with E-state index in [1.165, 1.54) is 0 Å². The van der Waals surface area contributed by atoms with E-state index < -0.39 is 0 Å². The number of rotatable bonds is 4. The molecule has 0 radical (unpaired) electrons. The van der Waals surface area contributed by atoms with Gasteiger partial charge in [0.2, 0.25) is 0 Å². The number of hydrogen-bond donors (Lipinski definition) is 0. The zero-order valence-electron chi connectivity index (χ0n) is 10.4. The van der Waals surface area contributed by atoms with E-state index in [0.29, 0.717) is 6.61 Å². The first-order valence-electron chi connectivity index (χ1n) is 6.30. The van der Waals surface area contributed by atoms with E-state index in [1.54, 1.807) is 6.20 Å². The molecule has 3 atom stereocenters. The van der Waals surface area contributed by atoms with Crippen LogP contribution in [0.15, 0.2) is 24.4 Å². The average Bonchev–Trinajstić information content (AvgIpc) is 2.86. The van der Waals surface area contributed by atoms with Crippen LogP contribution in [0.4, 0.5) is 0 Å². The maximum absolute atomic E-state index is 12.4. The van der Waals surface area contributed by atoms with Crippen molar-refractivity contribution in [2.45, 2.75) is 38.7 Å². The van der Waals surface area contributed by atoms with Crippen molar-refractivity contribution in [2.24, 2.45) is 5.92 Å². The number of ether oxygens (including phenoxy) is 1. The molecule has 92 valence electrons. The topological polar surface area (TPSA) is 39.2 Å². The van der Waals surface area contributed by atoms with Crippen LogP contribution < -0.4 is 0 Å². The molecule has 1 aromatic rings. The van der Waals surface area contributed by atoms with Gasteiger partial charge in [-0.1, -0.05) is 13.0 Å². The summed E-state index contributed by atoms with van der Waals surface area (Å²) in [5.41, 5.74) is 0.860. The molecule has 0 saturated carbocycles. The lowest BCUT2D eigenvalue weighted by molar-refractivity contribution is -0.125. The number of nitrogens with zero attached hydrogens (tertiary/aromatic N) is 1. The molecule has 0 amide bonds. The highest BCUT2D eigenvalue weighted by Crippen LogP contribution is 2.29. The summed E-state index contributed by atoms with van der Waals surface area (Å²) in [4.78, 5) is 16.7. The minimum atomic E-state index is -0.128. The van der Waals surface area contributed by atoms with Gasteiger partial charge in [0.25, 0.3) is 0 Å². The smallest absolute Gasteiger partial charge is 0.147 e. The normalized spacial score (nSPS) is 25.8. The van der Waals surface area contributed by atoms with Crippen molar-refractivity contribution in [3.8, 4) is 0 Å². The number of carbonyl (C=O) groups is 1. The number of Topliss-reactive ketones (excluding diaryl/α,β-unsaturated/α-hetero) is 1. The molecule has 1 aliphatic rings. The van der Waals surface area contributed by atoms with E-state index in [1.807, 2.05) is 25.1 Å². The van der Waals surface area contributed by atoms with Crippen LogP contribution in [0, 0.1) is 5.92 Å². The third-order valence-corrected chi connectivity index (χ3v) is 3.54. The van der Waals surface area contributed by atoms with Crippen molar-refractivity contribution in [3.63, 3.8) is 0 Å². The zero-order valence-corrected chi connectivity index (χ0v) is 10.4. The summed E-state index contributed by atoms with van der Waals surface area (Å²) in [6.45, 7) is 4.72. The van der Waals surface area contributed by atoms with Gasteiger partial charge >= 0.3 is 0 Å². The van der Waals surface area contributed by atoms with Gasteiger partial charge in [-0.05, 0) is 31.9 Å². The van der Waals surface area contributed by atoms with Gasteiger partial charge in [0.15, 0.2) is 0 Å². The Balaban J connectivity index is 2.10. The van der Waals surface area contributed by atoms with Gasteiger partial charge in [0, 0.05) is 18.7 Å². The molecule has 3 heteroatoms. The molecule has 17 heavy (non-hydrogen) atoms. The third kappa shape index (κ3) is 2.55. The SMILES string of the molecule is CCC1OCCC1C(=O)C(C)c1ccccn1. The first-order valence-corrected chi connectivity index (χ1v) is 6.30. The van der Waals surface area contributed by atoms with Crippen molar-refractivity contribution in [1.82, 2.24) is 4.98 Å². The van der Waals surface area contributed by atoms with Gasteiger partial charge in [-0.25, -0.2) is 0 Å². The molecule has 2 rings (SSSR count). The second-order valence-corrected chi connectivity index (χ2v) is 4.59. The highest BCUT2D eigenvalue weighted by atomic mass is 16.5. The summed E-state index contributed by atoms with van der Waals surface area (Å²) in [5.74, 6) is 0.196. The van der Waals surface area contributed by atoms with Gasteiger partial charge in [-0.15, -0.1) is 0 Å². The monoisotopic (exact) mass is 233 g/mol. The lowest BCUT2D eigenvalue weighted by Crippen LogP contribution is -2.27. The standard InChI is InChI=1S/C14H19NO2/c1-3-13-11(7-9-17-13)14(16)10(2)12-6-4-5-8-15-12/h4-6,8,10-11,13H,3,7,9H2,1-2H3. The fourth-order valence-corrected chi connectivity index (χ4v) is 2.48. The Labute approximate surface area is 102 Å². The van der Waals surface area contributed by atoms with E-state index in [-0.39, 0.29) is 23.7 Å². The summed E-state index contributed by atoms with van der Waals surface area (Å²) in [6.07, 6.45) is 3.61. The Kier molecular flexibility index (Phi) is 3.89. The Morgan fingerprint density at radius 3 is 3.06 bits per heavy atom. The minimum absolute atomic E-state index is 0.0528. The molecule has 1 fully saturated rings. The fourth-order valence-electron chi connectivity index (χ4n) is 2.48. The third-order valence-electron chi connectivity index (χ3n) is 3.54. The van der Waals surface area contributed by atoms with Gasteiger partial charge in [-0.3, -0.25) is 9.78 Å². The summed E-state index contributed by atoms with van der Waals surface area (Å²) in [6, 6.07) is 5.71. The van der Waals surface area contributed by atoms with Crippen molar-refractivity contribution >= 4 is 5.78 Å². The number of aromatic nitrogens is 1. The van der Waals surface area contributed by atoms with Crippen LogP contribution >= 0.6 is 0 Å². The van der Waals surface area contributed by atoms with Gasteiger partial charge in [0.05, 0.1) is 17.7 Å². The first kappa shape index (κ1) is 12.2. The Morgan fingerprint density at radius 2 is 2.41 bits per heavy atom. The van der Waals surface area contributed by atoms with E-state index >= 15 is 0 Å². The van der Waals surface area contributed by atoms with Crippen molar-refractivity contribution in [3.05, 3.63) is 30.1 Å². The molecule has 3 nitrogen and oxygen atoms in total. The van der Waals surface area contributed by atoms with Crippen LogP contribution in [0.2, 0.25) is 0 Å². The Bertz CT molecular complexity index is 377. The van der Waals surface area contributed by atoms with Gasteiger partial charge in [0.1, 0.15) is 5.78 Å².